The van der Waals surface area contributed by atoms with Crippen molar-refractivity contribution >= 4 is 17.6 Å². The van der Waals surface area contributed by atoms with Gasteiger partial charge in [0.2, 0.25) is 0 Å². The highest BCUT2D eigenvalue weighted by Gasteiger charge is 2.34. The summed E-state index contributed by atoms with van der Waals surface area (Å²) in [6.07, 6.45) is 1.06. The molecule has 224 valence electrons. The average Bonchev–Trinajstić information content (AvgIpc) is 3.21. The number of carbonyl (C=O) groups excluding carboxylic acids is 1. The minimum Gasteiger partial charge on any atom is -0.490 e. The lowest BCUT2D eigenvalue weighted by Gasteiger charge is -2.26. The molecule has 41 heavy (non-hydrogen) atoms. The zero-order valence-corrected chi connectivity index (χ0v) is 24.3. The zero-order valence-electron chi connectivity index (χ0n) is 24.3. The van der Waals surface area contributed by atoms with Gasteiger partial charge in [-0.15, -0.1) is 0 Å². The molecule has 11 heteroatoms. The largest absolute Gasteiger partial charge is 0.490 e. The number of rotatable bonds is 15. The molecular weight excluding hydrogens is 535 g/mol. The van der Waals surface area contributed by atoms with E-state index in [1.165, 1.54) is 11.0 Å². The van der Waals surface area contributed by atoms with Gasteiger partial charge < -0.3 is 34.1 Å². The predicted octanol–water partition coefficient (Wildman–Crippen LogP) is 4.56. The molecule has 0 spiro atoms. The van der Waals surface area contributed by atoms with Gasteiger partial charge >= 0.3 is 5.97 Å². The second-order valence-corrected chi connectivity index (χ2v) is 10.6. The van der Waals surface area contributed by atoms with Gasteiger partial charge in [0.25, 0.3) is 0 Å². The van der Waals surface area contributed by atoms with Gasteiger partial charge in [-0.1, -0.05) is 20.8 Å². The third kappa shape index (κ3) is 7.46. The van der Waals surface area contributed by atoms with Gasteiger partial charge in [-0.25, -0.2) is 9.18 Å². The normalized spacial score (nSPS) is 12.8. The number of aliphatic hydroxyl groups is 1. The number of carboxylic acids is 1. The number of hydrogen-bond acceptors (Lipinski definition) is 8. The van der Waals surface area contributed by atoms with E-state index < -0.39 is 23.8 Å². The molecule has 1 aliphatic heterocycles. The number of benzene rings is 2. The molecule has 2 aromatic rings. The van der Waals surface area contributed by atoms with Crippen LogP contribution in [0.2, 0.25) is 0 Å². The maximum atomic E-state index is 15.5. The van der Waals surface area contributed by atoms with Crippen molar-refractivity contribution in [3.63, 3.8) is 0 Å². The molecule has 0 saturated carbocycles. The third-order valence-corrected chi connectivity index (χ3v) is 6.44. The highest BCUT2D eigenvalue weighted by Crippen LogP contribution is 2.41. The molecule has 2 aromatic carbocycles. The minimum absolute atomic E-state index is 0.000396. The number of amidine groups is 1. The minimum atomic E-state index is -1.16. The monoisotopic (exact) mass is 574 g/mol. The van der Waals surface area contributed by atoms with Crippen molar-refractivity contribution in [3.8, 4) is 23.0 Å². The number of ether oxygens (including phenoxy) is 4. The molecule has 3 N–H and O–H groups in total. The number of carbonyl (C=O) groups is 2. The van der Waals surface area contributed by atoms with Crippen LogP contribution in [0.1, 0.15) is 74.5 Å². The number of aliphatic hydroxyl groups excluding tert-OH is 1. The molecule has 10 nitrogen and oxygen atoms in total. The molecule has 0 aliphatic carbocycles. The van der Waals surface area contributed by atoms with Crippen LogP contribution in [-0.2, 0) is 16.8 Å². The molecule has 0 unspecified atom stereocenters. The Morgan fingerprint density at radius 2 is 1.68 bits per heavy atom. The van der Waals surface area contributed by atoms with Gasteiger partial charge in [-0.05, 0) is 55.9 Å². The third-order valence-electron chi connectivity index (χ3n) is 6.44. The maximum Gasteiger partial charge on any atom is 0.341 e. The summed E-state index contributed by atoms with van der Waals surface area (Å²) in [4.78, 5) is 26.3. The van der Waals surface area contributed by atoms with E-state index in [0.29, 0.717) is 30.6 Å². The first-order valence-electron chi connectivity index (χ1n) is 13.7. The lowest BCUT2D eigenvalue weighted by Crippen LogP contribution is -2.31. The van der Waals surface area contributed by atoms with Gasteiger partial charge in [-0.2, -0.15) is 0 Å². The van der Waals surface area contributed by atoms with Crippen LogP contribution in [0, 0.1) is 11.2 Å². The standard InChI is InChI=1S/C30H39FN2O8/c1-6-38-23-14-19-15-33(29(32)25(19)26(31)28(23)39-7-2)16-21(35)18-12-20(30(3,4)5)27(41-17-24(36)37)22(13-18)40-11-9-8-10-34/h12-14,32,34H,6-11,15-17H2,1-5H3,(H,36,37). The first kappa shape index (κ1) is 31.7. The molecule has 0 atom stereocenters. The van der Waals surface area contributed by atoms with E-state index in [9.17, 15) is 14.7 Å². The molecule has 1 heterocycles. The smallest absolute Gasteiger partial charge is 0.341 e. The van der Waals surface area contributed by atoms with E-state index in [-0.39, 0.29) is 78.7 Å². The average molecular weight is 575 g/mol. The van der Waals surface area contributed by atoms with Crippen molar-refractivity contribution in [2.45, 2.75) is 59.4 Å². The van der Waals surface area contributed by atoms with Crippen LogP contribution < -0.4 is 18.9 Å². The predicted molar refractivity (Wildman–Crippen MR) is 150 cm³/mol. The van der Waals surface area contributed by atoms with Crippen molar-refractivity contribution < 1.29 is 43.1 Å². The fourth-order valence-electron chi connectivity index (χ4n) is 4.53. The number of ketones is 1. The second kappa shape index (κ2) is 13.7. The number of fused-ring (bicyclic) bond motifs is 1. The summed E-state index contributed by atoms with van der Waals surface area (Å²) < 4.78 is 38.0. The van der Waals surface area contributed by atoms with E-state index in [0.717, 1.165) is 0 Å². The SMILES string of the molecule is CCOc1cc2c(c(F)c1OCC)C(=N)N(CC(=O)c1cc(OCCCCO)c(OCC(=O)O)c(C(C)(C)C)c1)C2. The number of unbranched alkanes of at least 4 members (excludes halogenated alkanes) is 1. The van der Waals surface area contributed by atoms with Crippen LogP contribution in [0.25, 0.3) is 0 Å². The van der Waals surface area contributed by atoms with E-state index in [4.69, 9.17) is 29.5 Å². The number of aliphatic carboxylic acids is 1. The Kier molecular flexibility index (Phi) is 10.6. The van der Waals surface area contributed by atoms with Crippen LogP contribution in [0.3, 0.4) is 0 Å². The number of Topliss-reactive ketones (excluding diaryl/α,β-unsaturated/α-hetero) is 1. The molecule has 0 radical (unpaired) electrons. The van der Waals surface area contributed by atoms with Crippen LogP contribution in [0.15, 0.2) is 18.2 Å². The quantitative estimate of drug-likeness (QED) is 0.206. The summed E-state index contributed by atoms with van der Waals surface area (Å²) in [7, 11) is 0. The van der Waals surface area contributed by atoms with Crippen molar-refractivity contribution in [1.29, 1.82) is 5.41 Å². The Morgan fingerprint density at radius 3 is 2.29 bits per heavy atom. The van der Waals surface area contributed by atoms with Crippen molar-refractivity contribution in [2.75, 3.05) is 39.6 Å². The summed E-state index contributed by atoms with van der Waals surface area (Å²) in [6, 6.07) is 4.80. The molecule has 1 aliphatic rings. The van der Waals surface area contributed by atoms with E-state index in [1.807, 2.05) is 20.8 Å². The van der Waals surface area contributed by atoms with Gasteiger partial charge in [0.1, 0.15) is 5.84 Å². The zero-order chi connectivity index (χ0) is 30.3. The number of nitrogens with zero attached hydrogens (tertiary/aromatic N) is 1. The molecule has 0 bridgehead atoms. The van der Waals surface area contributed by atoms with Gasteiger partial charge in [0.15, 0.2) is 41.2 Å². The molecule has 0 fully saturated rings. The molecule has 3 rings (SSSR count). The van der Waals surface area contributed by atoms with E-state index >= 15 is 4.39 Å². The van der Waals surface area contributed by atoms with Gasteiger partial charge in [0.05, 0.1) is 31.9 Å². The Hall–Kier alpha value is -3.86. The van der Waals surface area contributed by atoms with E-state index in [2.05, 4.69) is 0 Å². The number of halogens is 1. The van der Waals surface area contributed by atoms with Crippen LogP contribution in [-0.4, -0.2) is 72.3 Å². The van der Waals surface area contributed by atoms with Crippen LogP contribution >= 0.6 is 0 Å². The van der Waals surface area contributed by atoms with Gasteiger partial charge in [0, 0.05) is 24.3 Å². The summed E-state index contributed by atoms with van der Waals surface area (Å²) in [5, 5.41) is 27.0. The van der Waals surface area contributed by atoms with Crippen molar-refractivity contribution in [3.05, 3.63) is 46.3 Å². The van der Waals surface area contributed by atoms with Gasteiger partial charge in [-0.3, -0.25) is 10.2 Å². The maximum absolute atomic E-state index is 15.5. The summed E-state index contributed by atoms with van der Waals surface area (Å²) in [5.74, 6) is -1.68. The molecule has 0 aromatic heterocycles. The first-order chi connectivity index (χ1) is 19.4. The summed E-state index contributed by atoms with van der Waals surface area (Å²) in [5.41, 5.74) is 0.913. The second-order valence-electron chi connectivity index (χ2n) is 10.6. The Balaban J connectivity index is 1.95. The number of hydrogen-bond donors (Lipinski definition) is 3. The first-order valence-corrected chi connectivity index (χ1v) is 13.7. The summed E-state index contributed by atoms with van der Waals surface area (Å²) >= 11 is 0. The molecule has 0 saturated heterocycles. The molecule has 0 amide bonds. The topological polar surface area (TPSA) is 139 Å². The lowest BCUT2D eigenvalue weighted by molar-refractivity contribution is -0.139. The van der Waals surface area contributed by atoms with Crippen molar-refractivity contribution in [1.82, 2.24) is 4.90 Å². The van der Waals surface area contributed by atoms with Crippen molar-refractivity contribution in [2.24, 2.45) is 0 Å². The number of nitrogens with one attached hydrogen (secondary N) is 1. The Morgan fingerprint density at radius 1 is 1.00 bits per heavy atom. The summed E-state index contributed by atoms with van der Waals surface area (Å²) in [6.45, 7) is 9.32. The van der Waals surface area contributed by atoms with E-state index in [1.54, 1.807) is 26.0 Å². The van der Waals surface area contributed by atoms with Crippen LogP contribution in [0.5, 0.6) is 23.0 Å². The highest BCUT2D eigenvalue weighted by molar-refractivity contribution is 6.06. The Bertz CT molecular complexity index is 1290. The fourth-order valence-corrected chi connectivity index (χ4v) is 4.53. The lowest BCUT2D eigenvalue weighted by atomic mass is 9.84. The highest BCUT2D eigenvalue weighted by atomic mass is 19.1. The molecular formula is C30H39FN2O8. The van der Waals surface area contributed by atoms with Crippen LogP contribution in [0.4, 0.5) is 4.39 Å². The number of carboxylic acid groups (broad SMARTS) is 1. The fraction of sp³-hybridized carbons (Fsp3) is 0.500. The Labute approximate surface area is 239 Å².